The summed E-state index contributed by atoms with van der Waals surface area (Å²) in [6.45, 7) is 4.02. The Morgan fingerprint density at radius 1 is 1.20 bits per heavy atom. The first kappa shape index (κ1) is 12.9. The standard InChI is InChI=1S/C16H19N3O/c1-9-4-7-13(20-3)12(8-9)14-10(2)15(17)19-16(18-14)11-5-6-11/h4,7-8,11H,5-6H2,1-3H3,(H2,17,18,19). The molecule has 0 atom stereocenters. The molecule has 4 nitrogen and oxygen atoms in total. The second-order valence-electron chi connectivity index (χ2n) is 5.42. The van der Waals surface area contributed by atoms with Gasteiger partial charge in [-0.1, -0.05) is 11.6 Å². The Hall–Kier alpha value is -2.10. The third-order valence-corrected chi connectivity index (χ3v) is 3.75. The largest absolute Gasteiger partial charge is 0.496 e. The maximum Gasteiger partial charge on any atom is 0.134 e. The van der Waals surface area contributed by atoms with Crippen LogP contribution in [-0.4, -0.2) is 17.1 Å². The molecule has 2 aromatic rings. The molecule has 0 radical (unpaired) electrons. The number of benzene rings is 1. The zero-order valence-electron chi connectivity index (χ0n) is 12.1. The van der Waals surface area contributed by atoms with Gasteiger partial charge in [0.25, 0.3) is 0 Å². The summed E-state index contributed by atoms with van der Waals surface area (Å²) in [6.07, 6.45) is 2.32. The van der Waals surface area contributed by atoms with Crippen LogP contribution in [0.15, 0.2) is 18.2 Å². The van der Waals surface area contributed by atoms with Crippen LogP contribution in [0.25, 0.3) is 11.3 Å². The van der Waals surface area contributed by atoms with Crippen molar-refractivity contribution in [1.82, 2.24) is 9.97 Å². The molecule has 3 rings (SSSR count). The lowest BCUT2D eigenvalue weighted by atomic mass is 10.0. The van der Waals surface area contributed by atoms with E-state index in [1.807, 2.05) is 19.1 Å². The fourth-order valence-corrected chi connectivity index (χ4v) is 2.35. The highest BCUT2D eigenvalue weighted by Crippen LogP contribution is 2.41. The Balaban J connectivity index is 2.20. The molecule has 0 saturated heterocycles. The molecule has 2 N–H and O–H groups in total. The molecule has 1 aromatic heterocycles. The summed E-state index contributed by atoms with van der Waals surface area (Å²) in [5, 5.41) is 0. The number of ether oxygens (including phenoxy) is 1. The average molecular weight is 269 g/mol. The number of methoxy groups -OCH3 is 1. The van der Waals surface area contributed by atoms with Gasteiger partial charge in [0, 0.05) is 17.0 Å². The van der Waals surface area contributed by atoms with E-state index >= 15 is 0 Å². The molecule has 1 aromatic carbocycles. The number of aryl methyl sites for hydroxylation is 1. The Kier molecular flexibility index (Phi) is 3.08. The van der Waals surface area contributed by atoms with Gasteiger partial charge in [-0.15, -0.1) is 0 Å². The molecule has 1 aliphatic carbocycles. The summed E-state index contributed by atoms with van der Waals surface area (Å²) in [5.74, 6) is 2.73. The lowest BCUT2D eigenvalue weighted by Crippen LogP contribution is -2.05. The van der Waals surface area contributed by atoms with E-state index in [1.165, 1.54) is 5.56 Å². The zero-order valence-corrected chi connectivity index (χ0v) is 12.1. The van der Waals surface area contributed by atoms with Crippen molar-refractivity contribution in [2.24, 2.45) is 0 Å². The molecule has 0 aliphatic heterocycles. The van der Waals surface area contributed by atoms with E-state index in [0.717, 1.165) is 41.2 Å². The molecule has 4 heteroatoms. The normalized spacial score (nSPS) is 14.3. The topological polar surface area (TPSA) is 61.0 Å². The smallest absolute Gasteiger partial charge is 0.134 e. The monoisotopic (exact) mass is 269 g/mol. The summed E-state index contributed by atoms with van der Waals surface area (Å²) < 4.78 is 5.46. The van der Waals surface area contributed by atoms with Crippen molar-refractivity contribution >= 4 is 5.82 Å². The minimum Gasteiger partial charge on any atom is -0.496 e. The van der Waals surface area contributed by atoms with Gasteiger partial charge in [0.1, 0.15) is 17.4 Å². The van der Waals surface area contributed by atoms with Gasteiger partial charge in [-0.3, -0.25) is 0 Å². The van der Waals surface area contributed by atoms with Crippen LogP contribution in [0, 0.1) is 13.8 Å². The number of nitrogen functional groups attached to an aromatic ring is 1. The van der Waals surface area contributed by atoms with Crippen molar-refractivity contribution in [2.45, 2.75) is 32.6 Å². The van der Waals surface area contributed by atoms with Crippen molar-refractivity contribution in [3.63, 3.8) is 0 Å². The van der Waals surface area contributed by atoms with Crippen LogP contribution in [-0.2, 0) is 0 Å². The maximum atomic E-state index is 6.06. The summed E-state index contributed by atoms with van der Waals surface area (Å²) in [4.78, 5) is 9.17. The third-order valence-electron chi connectivity index (χ3n) is 3.75. The van der Waals surface area contributed by atoms with E-state index in [4.69, 9.17) is 15.5 Å². The Labute approximate surface area is 119 Å². The fourth-order valence-electron chi connectivity index (χ4n) is 2.35. The van der Waals surface area contributed by atoms with E-state index in [1.54, 1.807) is 7.11 Å². The number of hydrogen-bond donors (Lipinski definition) is 1. The van der Waals surface area contributed by atoms with Crippen molar-refractivity contribution in [1.29, 1.82) is 0 Å². The lowest BCUT2D eigenvalue weighted by molar-refractivity contribution is 0.416. The molecule has 1 saturated carbocycles. The second-order valence-corrected chi connectivity index (χ2v) is 5.42. The zero-order chi connectivity index (χ0) is 14.3. The van der Waals surface area contributed by atoms with Crippen LogP contribution in [0.1, 0.15) is 35.7 Å². The van der Waals surface area contributed by atoms with Crippen molar-refractivity contribution in [3.8, 4) is 17.0 Å². The summed E-state index contributed by atoms with van der Waals surface area (Å²) >= 11 is 0. The van der Waals surface area contributed by atoms with E-state index in [-0.39, 0.29) is 0 Å². The lowest BCUT2D eigenvalue weighted by Gasteiger charge is -2.13. The molecule has 0 spiro atoms. The molecule has 1 fully saturated rings. The number of hydrogen-bond acceptors (Lipinski definition) is 4. The van der Waals surface area contributed by atoms with Gasteiger partial charge in [0.05, 0.1) is 12.8 Å². The van der Waals surface area contributed by atoms with Crippen molar-refractivity contribution in [3.05, 3.63) is 35.2 Å². The molecule has 0 amide bonds. The molecule has 20 heavy (non-hydrogen) atoms. The maximum absolute atomic E-state index is 6.06. The molecule has 0 bridgehead atoms. The number of anilines is 1. The highest BCUT2D eigenvalue weighted by atomic mass is 16.5. The fraction of sp³-hybridized carbons (Fsp3) is 0.375. The third kappa shape index (κ3) is 2.22. The van der Waals surface area contributed by atoms with Crippen LogP contribution in [0.5, 0.6) is 5.75 Å². The second kappa shape index (κ2) is 4.78. The summed E-state index contributed by atoms with van der Waals surface area (Å²) in [7, 11) is 1.68. The minimum atomic E-state index is 0.479. The Morgan fingerprint density at radius 3 is 2.60 bits per heavy atom. The minimum absolute atomic E-state index is 0.479. The van der Waals surface area contributed by atoms with Gasteiger partial charge < -0.3 is 10.5 Å². The molecule has 1 aliphatic rings. The first-order valence-corrected chi connectivity index (χ1v) is 6.89. The number of nitrogens with two attached hydrogens (primary N) is 1. The van der Waals surface area contributed by atoms with Gasteiger partial charge in [0.15, 0.2) is 0 Å². The summed E-state index contributed by atoms with van der Waals surface area (Å²) in [5.41, 5.74) is 10.0. The predicted molar refractivity (Wildman–Crippen MR) is 79.9 cm³/mol. The first-order chi connectivity index (χ1) is 9.60. The average Bonchev–Trinajstić information content (AvgIpc) is 3.26. The van der Waals surface area contributed by atoms with Crippen molar-refractivity contribution in [2.75, 3.05) is 12.8 Å². The molecule has 0 unspecified atom stereocenters. The molecular formula is C16H19N3O. The number of rotatable bonds is 3. The van der Waals surface area contributed by atoms with Gasteiger partial charge in [0.2, 0.25) is 0 Å². The van der Waals surface area contributed by atoms with E-state index < -0.39 is 0 Å². The summed E-state index contributed by atoms with van der Waals surface area (Å²) in [6, 6.07) is 6.09. The SMILES string of the molecule is COc1ccc(C)cc1-c1nc(C2CC2)nc(N)c1C. The van der Waals surface area contributed by atoms with Gasteiger partial charge in [-0.2, -0.15) is 0 Å². The van der Waals surface area contributed by atoms with Crippen LogP contribution >= 0.6 is 0 Å². The van der Waals surface area contributed by atoms with E-state index in [2.05, 4.69) is 18.0 Å². The highest BCUT2D eigenvalue weighted by molar-refractivity contribution is 5.73. The van der Waals surface area contributed by atoms with Crippen LogP contribution < -0.4 is 10.5 Å². The predicted octanol–water partition coefficient (Wildman–Crippen LogP) is 3.23. The number of nitrogens with zero attached hydrogens (tertiary/aromatic N) is 2. The van der Waals surface area contributed by atoms with Gasteiger partial charge in [-0.05, 0) is 38.8 Å². The van der Waals surface area contributed by atoms with Gasteiger partial charge >= 0.3 is 0 Å². The quantitative estimate of drug-likeness (QED) is 0.929. The molecule has 104 valence electrons. The Morgan fingerprint density at radius 2 is 1.95 bits per heavy atom. The van der Waals surface area contributed by atoms with Crippen LogP contribution in [0.4, 0.5) is 5.82 Å². The first-order valence-electron chi connectivity index (χ1n) is 6.89. The van der Waals surface area contributed by atoms with Crippen LogP contribution in [0.2, 0.25) is 0 Å². The van der Waals surface area contributed by atoms with Crippen molar-refractivity contribution < 1.29 is 4.74 Å². The molecule has 1 heterocycles. The number of aromatic nitrogens is 2. The molecular weight excluding hydrogens is 250 g/mol. The highest BCUT2D eigenvalue weighted by Gasteiger charge is 2.28. The van der Waals surface area contributed by atoms with Crippen LogP contribution in [0.3, 0.4) is 0 Å². The van der Waals surface area contributed by atoms with Gasteiger partial charge in [-0.25, -0.2) is 9.97 Å². The van der Waals surface area contributed by atoms with E-state index in [9.17, 15) is 0 Å². The Bertz CT molecular complexity index is 663. The van der Waals surface area contributed by atoms with E-state index in [0.29, 0.717) is 11.7 Å².